The summed E-state index contributed by atoms with van der Waals surface area (Å²) in [7, 11) is 2.81. The number of carbonyl (C=O) groups is 2. The highest BCUT2D eigenvalue weighted by Gasteiger charge is 2.27. The van der Waals surface area contributed by atoms with Gasteiger partial charge in [-0.15, -0.1) is 0 Å². The number of benzene rings is 1. The van der Waals surface area contributed by atoms with E-state index in [2.05, 4.69) is 24.9 Å². The average Bonchev–Trinajstić information content (AvgIpc) is 3.18. The molecule has 0 atom stereocenters. The molecule has 4 rings (SSSR count). The number of rotatable bonds is 5. The van der Waals surface area contributed by atoms with Gasteiger partial charge in [0.1, 0.15) is 22.9 Å². The first-order valence-corrected chi connectivity index (χ1v) is 10.5. The highest BCUT2D eigenvalue weighted by molar-refractivity contribution is 6.19. The third-order valence-electron chi connectivity index (χ3n) is 4.95. The Labute approximate surface area is 199 Å². The molecular formula is C23H23FN6O5. The number of amides is 1. The van der Waals surface area contributed by atoms with Crippen LogP contribution in [0.25, 0.3) is 21.9 Å². The molecule has 3 heterocycles. The Morgan fingerprint density at radius 2 is 1.86 bits per heavy atom. The zero-order valence-corrected chi connectivity index (χ0v) is 20.0. The normalized spacial score (nSPS) is 11.5. The van der Waals surface area contributed by atoms with Crippen LogP contribution in [0.5, 0.6) is 17.6 Å². The molecule has 1 aromatic carbocycles. The summed E-state index contributed by atoms with van der Waals surface area (Å²) in [5.74, 6) is -0.0819. The number of H-pyrrole nitrogens is 1. The third-order valence-corrected chi connectivity index (χ3v) is 4.95. The van der Waals surface area contributed by atoms with Crippen molar-refractivity contribution in [3.8, 4) is 17.6 Å². The predicted octanol–water partition coefficient (Wildman–Crippen LogP) is 4.33. The number of nitrogens with one attached hydrogen (secondary N) is 1. The van der Waals surface area contributed by atoms with Crippen LogP contribution in [-0.2, 0) is 4.74 Å². The van der Waals surface area contributed by atoms with Crippen LogP contribution in [0.15, 0.2) is 18.5 Å². The summed E-state index contributed by atoms with van der Waals surface area (Å²) in [6, 6.07) is 1.03. The van der Waals surface area contributed by atoms with E-state index in [1.807, 2.05) is 0 Å². The van der Waals surface area contributed by atoms with Crippen molar-refractivity contribution in [2.24, 2.45) is 0 Å². The van der Waals surface area contributed by atoms with E-state index >= 15 is 4.39 Å². The van der Waals surface area contributed by atoms with Crippen LogP contribution in [0.2, 0.25) is 0 Å². The van der Waals surface area contributed by atoms with Crippen LogP contribution < -0.4 is 14.4 Å². The number of aldehydes is 1. The molecule has 1 amide bonds. The van der Waals surface area contributed by atoms with Gasteiger partial charge >= 0.3 is 12.1 Å². The molecule has 3 aromatic heterocycles. The van der Waals surface area contributed by atoms with E-state index in [9.17, 15) is 9.59 Å². The summed E-state index contributed by atoms with van der Waals surface area (Å²) in [6.45, 7) is 6.87. The number of ether oxygens (including phenoxy) is 3. The van der Waals surface area contributed by atoms with E-state index in [-0.39, 0.29) is 50.8 Å². The van der Waals surface area contributed by atoms with Crippen molar-refractivity contribution in [3.05, 3.63) is 35.7 Å². The Balaban J connectivity index is 1.99. The molecule has 0 saturated carbocycles. The molecule has 0 radical (unpaired) electrons. The van der Waals surface area contributed by atoms with Crippen molar-refractivity contribution in [1.82, 2.24) is 24.9 Å². The van der Waals surface area contributed by atoms with E-state index < -0.39 is 17.5 Å². The lowest BCUT2D eigenvalue weighted by Crippen LogP contribution is -2.34. The van der Waals surface area contributed by atoms with Crippen molar-refractivity contribution < 1.29 is 28.2 Å². The Bertz CT molecular complexity index is 1450. The smallest absolute Gasteiger partial charge is 0.414 e. The fourth-order valence-corrected chi connectivity index (χ4v) is 3.41. The van der Waals surface area contributed by atoms with E-state index in [1.54, 1.807) is 27.7 Å². The van der Waals surface area contributed by atoms with Crippen molar-refractivity contribution in [3.63, 3.8) is 0 Å². The second-order valence-electron chi connectivity index (χ2n) is 8.63. The summed E-state index contributed by atoms with van der Waals surface area (Å²) in [6.07, 6.45) is 2.55. The van der Waals surface area contributed by atoms with Crippen LogP contribution in [0.1, 0.15) is 37.0 Å². The molecule has 0 aliphatic heterocycles. The number of halogens is 1. The van der Waals surface area contributed by atoms with Gasteiger partial charge < -0.3 is 19.2 Å². The molecular weight excluding hydrogens is 459 g/mol. The van der Waals surface area contributed by atoms with Crippen LogP contribution in [-0.4, -0.2) is 57.1 Å². The number of nitrogens with zero attached hydrogens (tertiary/aromatic N) is 5. The monoisotopic (exact) mass is 482 g/mol. The average molecular weight is 482 g/mol. The van der Waals surface area contributed by atoms with Gasteiger partial charge in [0, 0.05) is 18.5 Å². The van der Waals surface area contributed by atoms with E-state index in [4.69, 9.17) is 14.2 Å². The van der Waals surface area contributed by atoms with Crippen molar-refractivity contribution in [2.45, 2.75) is 33.3 Å². The van der Waals surface area contributed by atoms with Crippen molar-refractivity contribution in [2.75, 3.05) is 19.1 Å². The number of carbonyl (C=O) groups excluding carboxylic acids is 2. The lowest BCUT2D eigenvalue weighted by molar-refractivity contribution is 0.0589. The molecule has 0 bridgehead atoms. The fraction of sp³-hybridized carbons (Fsp3) is 0.304. The lowest BCUT2D eigenvalue weighted by atomic mass is 10.1. The number of hydrogen-bond acceptors (Lipinski definition) is 9. The summed E-state index contributed by atoms with van der Waals surface area (Å²) in [5, 5.41) is 0.341. The Morgan fingerprint density at radius 3 is 2.46 bits per heavy atom. The molecule has 0 saturated heterocycles. The van der Waals surface area contributed by atoms with E-state index in [1.165, 1.54) is 26.6 Å². The minimum Gasteiger partial charge on any atom is -0.467 e. The Kier molecular flexibility index (Phi) is 5.97. The highest BCUT2D eigenvalue weighted by atomic mass is 19.1. The van der Waals surface area contributed by atoms with Gasteiger partial charge in [-0.2, -0.15) is 9.97 Å². The van der Waals surface area contributed by atoms with Gasteiger partial charge in [-0.1, -0.05) is 0 Å². The van der Waals surface area contributed by atoms with Gasteiger partial charge in [-0.3, -0.25) is 9.69 Å². The van der Waals surface area contributed by atoms with Gasteiger partial charge in [0.15, 0.2) is 12.0 Å². The number of hydrogen-bond donors (Lipinski definition) is 1. The quantitative estimate of drug-likeness (QED) is 0.413. The second-order valence-corrected chi connectivity index (χ2v) is 8.63. The number of anilines is 1. The molecule has 0 spiro atoms. The number of methoxy groups -OCH3 is 1. The maximum Gasteiger partial charge on any atom is 0.414 e. The number of aromatic nitrogens is 5. The summed E-state index contributed by atoms with van der Waals surface area (Å²) < 4.78 is 31.6. The number of aromatic amines is 1. The second kappa shape index (κ2) is 8.78. The zero-order valence-electron chi connectivity index (χ0n) is 20.0. The fourth-order valence-electron chi connectivity index (χ4n) is 3.41. The van der Waals surface area contributed by atoms with Gasteiger partial charge in [-0.25, -0.2) is 19.2 Å². The first-order chi connectivity index (χ1) is 16.5. The summed E-state index contributed by atoms with van der Waals surface area (Å²) in [4.78, 5) is 45.5. The maximum atomic E-state index is 15.1. The molecule has 4 aromatic rings. The van der Waals surface area contributed by atoms with Gasteiger partial charge in [-0.05, 0) is 27.7 Å². The van der Waals surface area contributed by atoms with Gasteiger partial charge in [0.25, 0.3) is 0 Å². The van der Waals surface area contributed by atoms with E-state index in [0.717, 1.165) is 11.0 Å². The SMILES string of the molecule is COc1nc(Oc2cnc(C)nc2)c2c(n1)[nH]c1c(N(C)C(=O)OC(C)(C)C)cc(F)c(C=O)c12. The minimum absolute atomic E-state index is 0.0230. The molecule has 1 N–H and O–H groups in total. The topological polar surface area (TPSA) is 132 Å². The van der Waals surface area contributed by atoms with Crippen LogP contribution in [0, 0.1) is 12.7 Å². The molecule has 35 heavy (non-hydrogen) atoms. The van der Waals surface area contributed by atoms with E-state index in [0.29, 0.717) is 12.1 Å². The molecule has 0 aliphatic rings. The summed E-state index contributed by atoms with van der Waals surface area (Å²) in [5.41, 5.74) is -0.459. The maximum absolute atomic E-state index is 15.1. The molecule has 0 fully saturated rings. The lowest BCUT2D eigenvalue weighted by Gasteiger charge is -2.25. The van der Waals surface area contributed by atoms with Crippen molar-refractivity contribution >= 4 is 40.0 Å². The first-order valence-electron chi connectivity index (χ1n) is 10.5. The van der Waals surface area contributed by atoms with Gasteiger partial charge in [0.05, 0.1) is 41.7 Å². The zero-order chi connectivity index (χ0) is 25.5. The third kappa shape index (κ3) is 4.54. The van der Waals surface area contributed by atoms with Crippen LogP contribution >= 0.6 is 0 Å². The standard InChI is InChI=1S/C23H23FN6O5/c1-11-25-8-12(9-26-11)34-20-17-16-13(10-31)14(24)7-15(30(5)22(32)35-23(2,3)4)18(16)27-19(17)28-21(29-20)33-6/h7-10H,1-6H3,(H,27,28,29). The van der Waals surface area contributed by atoms with Crippen LogP contribution in [0.4, 0.5) is 14.9 Å². The van der Waals surface area contributed by atoms with Crippen molar-refractivity contribution in [1.29, 1.82) is 0 Å². The highest BCUT2D eigenvalue weighted by Crippen LogP contribution is 2.40. The summed E-state index contributed by atoms with van der Waals surface area (Å²) >= 11 is 0. The molecule has 0 aliphatic carbocycles. The molecule has 0 unspecified atom stereocenters. The molecule has 12 heteroatoms. The number of fused-ring (bicyclic) bond motifs is 3. The minimum atomic E-state index is -0.848. The van der Waals surface area contributed by atoms with Gasteiger partial charge in [0.2, 0.25) is 5.88 Å². The predicted molar refractivity (Wildman–Crippen MR) is 125 cm³/mol. The first kappa shape index (κ1) is 23.8. The number of aryl methyl sites for hydroxylation is 1. The molecule has 11 nitrogen and oxygen atoms in total. The largest absolute Gasteiger partial charge is 0.467 e. The van der Waals surface area contributed by atoms with Crippen LogP contribution in [0.3, 0.4) is 0 Å². The Hall–Kier alpha value is -4.35. The molecule has 182 valence electrons. The Morgan fingerprint density at radius 1 is 1.17 bits per heavy atom.